The van der Waals surface area contributed by atoms with Crippen molar-refractivity contribution in [1.82, 2.24) is 4.90 Å². The molecule has 0 unspecified atom stereocenters. The normalized spacial score (nSPS) is 19.5. The molecule has 0 saturated carbocycles. The monoisotopic (exact) mass is 501 g/mol. The van der Waals surface area contributed by atoms with Gasteiger partial charge in [0.15, 0.2) is 0 Å². The maximum atomic E-state index is 13.8. The summed E-state index contributed by atoms with van der Waals surface area (Å²) in [5.41, 5.74) is 0.0290. The van der Waals surface area contributed by atoms with E-state index >= 15 is 0 Å². The van der Waals surface area contributed by atoms with Crippen LogP contribution in [0.25, 0.3) is 0 Å². The number of esters is 1. The minimum absolute atomic E-state index is 0.00301. The largest absolute Gasteiger partial charge is 0.469 e. The fourth-order valence-corrected chi connectivity index (χ4v) is 4.74. The molecule has 1 saturated heterocycles. The minimum atomic E-state index is -4.52. The predicted octanol–water partition coefficient (Wildman–Crippen LogP) is 7.19. The van der Waals surface area contributed by atoms with Crippen LogP contribution in [0.5, 0.6) is 0 Å². The Kier molecular flexibility index (Phi) is 8.51. The fraction of sp³-hybridized carbons (Fsp3) is 0.500. The first-order valence-electron chi connectivity index (χ1n) is 11.6. The van der Waals surface area contributed by atoms with E-state index in [2.05, 4.69) is 0 Å². The van der Waals surface area contributed by atoms with Gasteiger partial charge in [-0.15, -0.1) is 0 Å². The smallest absolute Gasteiger partial charge is 0.416 e. The number of halogens is 6. The summed E-state index contributed by atoms with van der Waals surface area (Å²) in [4.78, 5) is 13.7. The van der Waals surface area contributed by atoms with Crippen molar-refractivity contribution in [3.05, 3.63) is 70.3 Å². The van der Waals surface area contributed by atoms with E-state index < -0.39 is 29.5 Å². The Balaban J connectivity index is 1.95. The van der Waals surface area contributed by atoms with Gasteiger partial charge in [0, 0.05) is 19.0 Å². The van der Waals surface area contributed by atoms with Gasteiger partial charge in [0.2, 0.25) is 0 Å². The number of rotatable bonds is 7. The maximum Gasteiger partial charge on any atom is 0.416 e. The van der Waals surface area contributed by atoms with E-state index in [-0.39, 0.29) is 30.4 Å². The SMILES string of the molecule is CCCc1ccc(C(F)(F)F)c(CN2CC[C@H](CC(=O)OC)C[C@@H]2c2ccc(C(F)(F)F)cc2)c1. The Morgan fingerprint density at radius 2 is 1.71 bits per heavy atom. The summed E-state index contributed by atoms with van der Waals surface area (Å²) < 4.78 is 85.2. The van der Waals surface area contributed by atoms with Crippen LogP contribution in [0, 0.1) is 5.92 Å². The zero-order chi connectivity index (χ0) is 25.8. The summed E-state index contributed by atoms with van der Waals surface area (Å²) in [6.07, 6.45) is -6.42. The summed E-state index contributed by atoms with van der Waals surface area (Å²) in [6, 6.07) is 8.47. The molecule has 0 bridgehead atoms. The van der Waals surface area contributed by atoms with Crippen molar-refractivity contribution in [2.24, 2.45) is 5.92 Å². The molecule has 0 spiro atoms. The molecule has 35 heavy (non-hydrogen) atoms. The lowest BCUT2D eigenvalue weighted by Crippen LogP contribution is -2.37. The van der Waals surface area contributed by atoms with Crippen LogP contribution in [0.15, 0.2) is 42.5 Å². The standard InChI is InChI=1S/C26H29F6NO2/c1-3-4-17-5-10-22(26(30,31)32)20(13-17)16-33-12-11-18(15-24(34)35-2)14-23(33)19-6-8-21(9-7-19)25(27,28)29/h5-10,13,18,23H,3-4,11-12,14-16H2,1-2H3/t18-,23+/m0/s1. The van der Waals surface area contributed by atoms with Gasteiger partial charge in [0.1, 0.15) is 0 Å². The number of aryl methyl sites for hydroxylation is 1. The van der Waals surface area contributed by atoms with E-state index in [0.29, 0.717) is 31.4 Å². The Bertz CT molecular complexity index is 1000. The van der Waals surface area contributed by atoms with Crippen LogP contribution >= 0.6 is 0 Å². The second-order valence-electron chi connectivity index (χ2n) is 9.02. The Morgan fingerprint density at radius 1 is 1.03 bits per heavy atom. The number of carbonyl (C=O) groups excluding carboxylic acids is 1. The lowest BCUT2D eigenvalue weighted by atomic mass is 9.84. The first kappa shape index (κ1) is 27.0. The lowest BCUT2D eigenvalue weighted by molar-refractivity contribution is -0.142. The van der Waals surface area contributed by atoms with Gasteiger partial charge in [-0.1, -0.05) is 37.6 Å². The van der Waals surface area contributed by atoms with Gasteiger partial charge in [-0.3, -0.25) is 9.69 Å². The molecular weight excluding hydrogens is 472 g/mol. The van der Waals surface area contributed by atoms with E-state index in [1.807, 2.05) is 11.8 Å². The highest BCUT2D eigenvalue weighted by Gasteiger charge is 2.37. The van der Waals surface area contributed by atoms with E-state index in [0.717, 1.165) is 30.2 Å². The number of carbonyl (C=O) groups is 1. The van der Waals surface area contributed by atoms with Crippen LogP contribution in [-0.2, 0) is 34.8 Å². The number of likely N-dealkylation sites (tertiary alicyclic amines) is 1. The third-order valence-corrected chi connectivity index (χ3v) is 6.51. The maximum absolute atomic E-state index is 13.8. The van der Waals surface area contributed by atoms with Crippen molar-refractivity contribution < 1.29 is 35.9 Å². The molecule has 0 radical (unpaired) electrons. The van der Waals surface area contributed by atoms with Crippen LogP contribution in [0.2, 0.25) is 0 Å². The van der Waals surface area contributed by atoms with Crippen LogP contribution in [-0.4, -0.2) is 24.5 Å². The molecule has 1 aliphatic heterocycles. The number of hydrogen-bond donors (Lipinski definition) is 0. The van der Waals surface area contributed by atoms with Gasteiger partial charge >= 0.3 is 18.3 Å². The van der Waals surface area contributed by atoms with Crippen molar-refractivity contribution in [3.8, 4) is 0 Å². The van der Waals surface area contributed by atoms with E-state index in [1.54, 1.807) is 6.07 Å². The van der Waals surface area contributed by atoms with Gasteiger partial charge in [0.25, 0.3) is 0 Å². The van der Waals surface area contributed by atoms with Crippen LogP contribution in [0.3, 0.4) is 0 Å². The number of ether oxygens (including phenoxy) is 1. The van der Waals surface area contributed by atoms with E-state index in [4.69, 9.17) is 4.74 Å². The molecule has 2 aromatic rings. The summed E-state index contributed by atoms with van der Waals surface area (Å²) >= 11 is 0. The Morgan fingerprint density at radius 3 is 2.29 bits per heavy atom. The minimum Gasteiger partial charge on any atom is -0.469 e. The van der Waals surface area contributed by atoms with Crippen molar-refractivity contribution in [3.63, 3.8) is 0 Å². The topological polar surface area (TPSA) is 29.5 Å². The predicted molar refractivity (Wildman–Crippen MR) is 119 cm³/mol. The molecule has 0 aliphatic carbocycles. The number of alkyl halides is 6. The van der Waals surface area contributed by atoms with Crippen LogP contribution in [0.1, 0.15) is 66.5 Å². The highest BCUT2D eigenvalue weighted by Crippen LogP contribution is 2.40. The van der Waals surface area contributed by atoms with Gasteiger partial charge < -0.3 is 4.74 Å². The van der Waals surface area contributed by atoms with Crippen molar-refractivity contribution in [1.29, 1.82) is 0 Å². The average molecular weight is 502 g/mol. The summed E-state index contributed by atoms with van der Waals surface area (Å²) in [6.45, 7) is 2.36. The van der Waals surface area contributed by atoms with Crippen molar-refractivity contribution in [2.45, 2.75) is 64.0 Å². The Hall–Kier alpha value is -2.55. The van der Waals surface area contributed by atoms with Gasteiger partial charge in [-0.05, 0) is 66.6 Å². The highest BCUT2D eigenvalue weighted by atomic mass is 19.4. The zero-order valence-corrected chi connectivity index (χ0v) is 19.7. The van der Waals surface area contributed by atoms with Crippen LogP contribution < -0.4 is 0 Å². The number of methoxy groups -OCH3 is 1. The molecule has 9 heteroatoms. The fourth-order valence-electron chi connectivity index (χ4n) is 4.74. The van der Waals surface area contributed by atoms with E-state index in [1.165, 1.54) is 25.3 Å². The third kappa shape index (κ3) is 6.99. The van der Waals surface area contributed by atoms with Crippen molar-refractivity contribution >= 4 is 5.97 Å². The Labute approximate surface area is 201 Å². The van der Waals surface area contributed by atoms with Crippen molar-refractivity contribution in [2.75, 3.05) is 13.7 Å². The third-order valence-electron chi connectivity index (χ3n) is 6.51. The van der Waals surface area contributed by atoms with Crippen LogP contribution in [0.4, 0.5) is 26.3 Å². The second-order valence-corrected chi connectivity index (χ2v) is 9.02. The summed E-state index contributed by atoms with van der Waals surface area (Å²) in [5, 5.41) is 0. The highest BCUT2D eigenvalue weighted by molar-refractivity contribution is 5.69. The van der Waals surface area contributed by atoms with E-state index in [9.17, 15) is 31.1 Å². The number of benzene rings is 2. The zero-order valence-electron chi connectivity index (χ0n) is 19.7. The molecule has 0 N–H and O–H groups in total. The second kappa shape index (κ2) is 11.0. The molecule has 2 atom stereocenters. The molecule has 0 aromatic heterocycles. The van der Waals surface area contributed by atoms with Gasteiger partial charge in [0.05, 0.1) is 18.2 Å². The molecule has 1 heterocycles. The molecule has 3 rings (SSSR count). The summed E-state index contributed by atoms with van der Waals surface area (Å²) in [7, 11) is 1.28. The number of hydrogen-bond acceptors (Lipinski definition) is 3. The first-order chi connectivity index (χ1) is 16.4. The average Bonchev–Trinajstić information content (AvgIpc) is 2.79. The molecule has 2 aromatic carbocycles. The number of nitrogens with zero attached hydrogens (tertiary/aromatic N) is 1. The van der Waals surface area contributed by atoms with Gasteiger partial charge in [-0.25, -0.2) is 0 Å². The molecule has 0 amide bonds. The summed E-state index contributed by atoms with van der Waals surface area (Å²) in [5.74, 6) is -0.472. The molecular formula is C26H29F6NO2. The quantitative estimate of drug-likeness (QED) is 0.297. The van der Waals surface area contributed by atoms with Gasteiger partial charge in [-0.2, -0.15) is 26.3 Å². The first-order valence-corrected chi connectivity index (χ1v) is 11.6. The number of piperidine rings is 1. The molecule has 3 nitrogen and oxygen atoms in total. The molecule has 192 valence electrons. The lowest BCUT2D eigenvalue weighted by Gasteiger charge is -2.40. The molecule has 1 fully saturated rings. The molecule has 1 aliphatic rings.